The van der Waals surface area contributed by atoms with E-state index in [0.29, 0.717) is 18.8 Å². The summed E-state index contributed by atoms with van der Waals surface area (Å²) >= 11 is 0. The van der Waals surface area contributed by atoms with Crippen LogP contribution in [-0.2, 0) is 4.74 Å². The van der Waals surface area contributed by atoms with Crippen molar-refractivity contribution in [1.82, 2.24) is 4.98 Å². The first-order valence-electron chi connectivity index (χ1n) is 5.67. The van der Waals surface area contributed by atoms with Crippen LogP contribution in [-0.4, -0.2) is 37.6 Å². The second kappa shape index (κ2) is 6.20. The van der Waals surface area contributed by atoms with Gasteiger partial charge in [-0.3, -0.25) is 5.41 Å². The summed E-state index contributed by atoms with van der Waals surface area (Å²) in [5.74, 6) is 0.771. The average molecular weight is 236 g/mol. The van der Waals surface area contributed by atoms with Crippen LogP contribution in [0.3, 0.4) is 0 Å². The summed E-state index contributed by atoms with van der Waals surface area (Å²) in [5.41, 5.74) is 7.11. The summed E-state index contributed by atoms with van der Waals surface area (Å²) < 4.78 is 5.30. The Kier molecular flexibility index (Phi) is 4.90. The Balaban J connectivity index is 2.86. The number of aryl methyl sites for hydroxylation is 1. The molecule has 0 aliphatic heterocycles. The fourth-order valence-corrected chi connectivity index (χ4v) is 1.50. The standard InChI is InChI=1S/C12H20N4O/c1-4-17-8-7-16(3)12-10(11(13)14)6-5-9(2)15-12/h5-6H,4,7-8H2,1-3H3,(H3,13,14). The molecule has 1 aromatic rings. The molecule has 3 N–H and O–H groups in total. The number of anilines is 1. The number of nitrogens with two attached hydrogens (primary N) is 1. The summed E-state index contributed by atoms with van der Waals surface area (Å²) in [5, 5.41) is 7.53. The first-order chi connectivity index (χ1) is 8.06. The fourth-order valence-electron chi connectivity index (χ4n) is 1.50. The molecule has 0 saturated heterocycles. The van der Waals surface area contributed by atoms with E-state index >= 15 is 0 Å². The number of hydrogen-bond acceptors (Lipinski definition) is 4. The number of aromatic nitrogens is 1. The zero-order chi connectivity index (χ0) is 12.8. The Morgan fingerprint density at radius 2 is 2.24 bits per heavy atom. The smallest absolute Gasteiger partial charge is 0.139 e. The van der Waals surface area contributed by atoms with Crippen LogP contribution in [0.15, 0.2) is 12.1 Å². The molecule has 0 radical (unpaired) electrons. The quantitative estimate of drug-likeness (QED) is 0.441. The van der Waals surface area contributed by atoms with E-state index in [0.717, 1.165) is 18.1 Å². The Morgan fingerprint density at radius 3 is 2.82 bits per heavy atom. The molecule has 0 aliphatic carbocycles. The molecule has 94 valence electrons. The molecule has 0 spiro atoms. The molecule has 0 fully saturated rings. The van der Waals surface area contributed by atoms with Crippen LogP contribution < -0.4 is 10.6 Å². The molecule has 5 nitrogen and oxygen atoms in total. The van der Waals surface area contributed by atoms with E-state index < -0.39 is 0 Å². The van der Waals surface area contributed by atoms with Crippen molar-refractivity contribution in [2.75, 3.05) is 31.7 Å². The molecule has 1 aromatic heterocycles. The van der Waals surface area contributed by atoms with Gasteiger partial charge in [0.2, 0.25) is 0 Å². The minimum Gasteiger partial charge on any atom is -0.384 e. The van der Waals surface area contributed by atoms with Crippen LogP contribution in [0.4, 0.5) is 5.82 Å². The van der Waals surface area contributed by atoms with Crippen molar-refractivity contribution >= 4 is 11.7 Å². The minimum atomic E-state index is 0.0377. The van der Waals surface area contributed by atoms with Crippen LogP contribution in [0.25, 0.3) is 0 Å². The van der Waals surface area contributed by atoms with Gasteiger partial charge in [-0.25, -0.2) is 4.98 Å². The van der Waals surface area contributed by atoms with Gasteiger partial charge in [0.1, 0.15) is 11.7 Å². The SMILES string of the molecule is CCOCCN(C)c1nc(C)ccc1C(=N)N. The van der Waals surface area contributed by atoms with Gasteiger partial charge in [0.25, 0.3) is 0 Å². The lowest BCUT2D eigenvalue weighted by Gasteiger charge is -2.21. The monoisotopic (exact) mass is 236 g/mol. The molecular formula is C12H20N4O. The van der Waals surface area contributed by atoms with E-state index in [-0.39, 0.29) is 5.84 Å². The zero-order valence-corrected chi connectivity index (χ0v) is 10.7. The maximum Gasteiger partial charge on any atom is 0.139 e. The first-order valence-corrected chi connectivity index (χ1v) is 5.67. The maximum absolute atomic E-state index is 7.53. The van der Waals surface area contributed by atoms with Crippen molar-refractivity contribution in [3.8, 4) is 0 Å². The van der Waals surface area contributed by atoms with Crippen LogP contribution in [0.1, 0.15) is 18.2 Å². The fraction of sp³-hybridized carbons (Fsp3) is 0.500. The third kappa shape index (κ3) is 3.71. The third-order valence-electron chi connectivity index (χ3n) is 2.44. The van der Waals surface area contributed by atoms with E-state index in [1.807, 2.05) is 37.9 Å². The summed E-state index contributed by atoms with van der Waals surface area (Å²) in [7, 11) is 1.92. The minimum absolute atomic E-state index is 0.0377. The van der Waals surface area contributed by atoms with Crippen LogP contribution >= 0.6 is 0 Å². The Morgan fingerprint density at radius 1 is 1.53 bits per heavy atom. The van der Waals surface area contributed by atoms with Gasteiger partial charge >= 0.3 is 0 Å². The Labute approximate surface area is 102 Å². The third-order valence-corrected chi connectivity index (χ3v) is 2.44. The van der Waals surface area contributed by atoms with Crippen molar-refractivity contribution in [3.05, 3.63) is 23.4 Å². The number of nitrogen functional groups attached to an aromatic ring is 1. The Hall–Kier alpha value is -1.62. The van der Waals surface area contributed by atoms with Gasteiger partial charge in [-0.15, -0.1) is 0 Å². The van der Waals surface area contributed by atoms with E-state index in [1.165, 1.54) is 0 Å². The van der Waals surface area contributed by atoms with Gasteiger partial charge in [0.05, 0.1) is 12.2 Å². The average Bonchev–Trinajstić information content (AvgIpc) is 2.28. The lowest BCUT2D eigenvalue weighted by Crippen LogP contribution is -2.27. The van der Waals surface area contributed by atoms with Crippen molar-refractivity contribution in [2.45, 2.75) is 13.8 Å². The second-order valence-electron chi connectivity index (χ2n) is 3.86. The number of pyridine rings is 1. The molecule has 0 atom stereocenters. The van der Waals surface area contributed by atoms with E-state index in [2.05, 4.69) is 4.98 Å². The summed E-state index contributed by atoms with van der Waals surface area (Å²) in [6.45, 7) is 5.95. The van der Waals surface area contributed by atoms with Crippen LogP contribution in [0.2, 0.25) is 0 Å². The number of nitrogens with zero attached hydrogens (tertiary/aromatic N) is 2. The predicted molar refractivity (Wildman–Crippen MR) is 69.8 cm³/mol. The van der Waals surface area contributed by atoms with Crippen molar-refractivity contribution in [2.24, 2.45) is 5.73 Å². The summed E-state index contributed by atoms with van der Waals surface area (Å²) in [6, 6.07) is 3.69. The zero-order valence-electron chi connectivity index (χ0n) is 10.7. The molecule has 0 aromatic carbocycles. The molecule has 5 heteroatoms. The number of rotatable bonds is 6. The highest BCUT2D eigenvalue weighted by Crippen LogP contribution is 2.16. The maximum atomic E-state index is 7.53. The number of ether oxygens (including phenoxy) is 1. The number of nitrogens with one attached hydrogen (secondary N) is 1. The van der Waals surface area contributed by atoms with Gasteiger partial charge < -0.3 is 15.4 Å². The van der Waals surface area contributed by atoms with E-state index in [1.54, 1.807) is 0 Å². The van der Waals surface area contributed by atoms with Gasteiger partial charge in [0.15, 0.2) is 0 Å². The highest BCUT2D eigenvalue weighted by Gasteiger charge is 2.11. The van der Waals surface area contributed by atoms with Crippen molar-refractivity contribution < 1.29 is 4.74 Å². The molecule has 0 bridgehead atoms. The molecule has 1 rings (SSSR count). The molecule has 0 saturated carbocycles. The van der Waals surface area contributed by atoms with Gasteiger partial charge in [-0.05, 0) is 26.0 Å². The largest absolute Gasteiger partial charge is 0.384 e. The van der Waals surface area contributed by atoms with Gasteiger partial charge in [0, 0.05) is 25.9 Å². The summed E-state index contributed by atoms with van der Waals surface area (Å²) in [6.07, 6.45) is 0. The topological polar surface area (TPSA) is 75.2 Å². The predicted octanol–water partition coefficient (Wildman–Crippen LogP) is 1.15. The highest BCUT2D eigenvalue weighted by molar-refractivity contribution is 5.99. The molecule has 1 heterocycles. The van der Waals surface area contributed by atoms with Crippen LogP contribution in [0.5, 0.6) is 0 Å². The van der Waals surface area contributed by atoms with Gasteiger partial charge in [-0.1, -0.05) is 0 Å². The molecule has 17 heavy (non-hydrogen) atoms. The molecule has 0 aliphatic rings. The first kappa shape index (κ1) is 13.4. The van der Waals surface area contributed by atoms with Crippen molar-refractivity contribution in [1.29, 1.82) is 5.41 Å². The van der Waals surface area contributed by atoms with Crippen molar-refractivity contribution in [3.63, 3.8) is 0 Å². The van der Waals surface area contributed by atoms with Crippen LogP contribution in [0, 0.1) is 12.3 Å². The molecular weight excluding hydrogens is 216 g/mol. The summed E-state index contributed by atoms with van der Waals surface area (Å²) in [4.78, 5) is 6.38. The number of hydrogen-bond donors (Lipinski definition) is 2. The van der Waals surface area contributed by atoms with Gasteiger partial charge in [-0.2, -0.15) is 0 Å². The normalized spacial score (nSPS) is 10.3. The lowest BCUT2D eigenvalue weighted by atomic mass is 10.2. The number of amidine groups is 1. The van der Waals surface area contributed by atoms with E-state index in [4.69, 9.17) is 15.9 Å². The Bertz CT molecular complexity index is 392. The number of likely N-dealkylation sites (N-methyl/N-ethyl adjacent to an activating group) is 1. The highest BCUT2D eigenvalue weighted by atomic mass is 16.5. The molecule has 0 amide bonds. The second-order valence-corrected chi connectivity index (χ2v) is 3.86. The lowest BCUT2D eigenvalue weighted by molar-refractivity contribution is 0.154. The molecule has 0 unspecified atom stereocenters. The van der Waals surface area contributed by atoms with E-state index in [9.17, 15) is 0 Å².